The maximum Gasteiger partial charge on any atom is 0.327 e. The van der Waals surface area contributed by atoms with E-state index < -0.39 is 22.7 Å². The summed E-state index contributed by atoms with van der Waals surface area (Å²) in [4.78, 5) is 42.3. The van der Waals surface area contributed by atoms with E-state index in [9.17, 15) is 14.4 Å². The van der Waals surface area contributed by atoms with Crippen LogP contribution in [0.15, 0.2) is 91.0 Å². The zero-order chi connectivity index (χ0) is 24.4. The van der Waals surface area contributed by atoms with E-state index in [0.29, 0.717) is 28.3 Å². The third-order valence-electron chi connectivity index (χ3n) is 7.75. The average Bonchev–Trinajstić information content (AvgIpc) is 3.54. The molecular weight excluding hydrogens is 460 g/mol. The monoisotopic (exact) mass is 480 g/mol. The molecule has 0 N–H and O–H groups in total. The fraction of sp³-hybridized carbons (Fsp3) is 0.167. The molecule has 35 heavy (non-hydrogen) atoms. The van der Waals surface area contributed by atoms with E-state index in [0.717, 1.165) is 16.3 Å². The van der Waals surface area contributed by atoms with Gasteiger partial charge >= 0.3 is 5.97 Å². The first-order chi connectivity index (χ1) is 17.0. The van der Waals surface area contributed by atoms with Crippen LogP contribution in [0.1, 0.15) is 45.5 Å². The Kier molecular flexibility index (Phi) is 4.74. The van der Waals surface area contributed by atoms with Crippen molar-refractivity contribution >= 4 is 39.9 Å². The molecule has 0 aromatic heterocycles. The molecule has 0 saturated heterocycles. The third kappa shape index (κ3) is 2.72. The minimum atomic E-state index is -1.64. The second-order valence-electron chi connectivity index (χ2n) is 9.19. The van der Waals surface area contributed by atoms with Gasteiger partial charge in [0.1, 0.15) is 5.75 Å². The molecule has 1 heterocycles. The molecule has 1 aliphatic heterocycles. The van der Waals surface area contributed by atoms with Crippen LogP contribution in [0.2, 0.25) is 5.02 Å². The van der Waals surface area contributed by atoms with Gasteiger partial charge in [-0.15, -0.1) is 0 Å². The summed E-state index contributed by atoms with van der Waals surface area (Å²) >= 11 is 6.08. The topological polar surface area (TPSA) is 60.4 Å². The van der Waals surface area contributed by atoms with Crippen molar-refractivity contribution in [3.63, 3.8) is 0 Å². The number of Topliss-reactive ketones (excluding diaryl/α,β-unsaturated/α-hetero) is 2. The first kappa shape index (κ1) is 21.8. The van der Waals surface area contributed by atoms with Gasteiger partial charge in [0.05, 0.1) is 5.41 Å². The Hall–Kier alpha value is -3.76. The van der Waals surface area contributed by atoms with Crippen LogP contribution >= 0.6 is 11.6 Å². The minimum Gasteiger partial charge on any atom is -0.425 e. The predicted molar refractivity (Wildman–Crippen MR) is 134 cm³/mol. The van der Waals surface area contributed by atoms with Gasteiger partial charge < -0.3 is 4.74 Å². The molecule has 2 aliphatic rings. The van der Waals surface area contributed by atoms with E-state index >= 15 is 0 Å². The molecule has 0 unspecified atom stereocenters. The van der Waals surface area contributed by atoms with Gasteiger partial charge in [-0.1, -0.05) is 79.2 Å². The first-order valence-electron chi connectivity index (χ1n) is 11.6. The van der Waals surface area contributed by atoms with Crippen molar-refractivity contribution in [2.75, 3.05) is 0 Å². The van der Waals surface area contributed by atoms with Crippen molar-refractivity contribution in [2.45, 2.75) is 19.3 Å². The van der Waals surface area contributed by atoms with Crippen molar-refractivity contribution in [3.05, 3.63) is 113 Å². The number of hydrogen-bond acceptors (Lipinski definition) is 4. The van der Waals surface area contributed by atoms with Crippen molar-refractivity contribution in [2.24, 2.45) is 10.8 Å². The van der Waals surface area contributed by atoms with Gasteiger partial charge in [0.25, 0.3) is 0 Å². The largest absolute Gasteiger partial charge is 0.425 e. The van der Waals surface area contributed by atoms with E-state index in [4.69, 9.17) is 16.3 Å². The summed E-state index contributed by atoms with van der Waals surface area (Å²) in [5.41, 5.74) is -1.37. The molecule has 172 valence electrons. The Morgan fingerprint density at radius 3 is 2.20 bits per heavy atom. The van der Waals surface area contributed by atoms with Crippen molar-refractivity contribution in [3.8, 4) is 5.75 Å². The van der Waals surface area contributed by atoms with Crippen LogP contribution in [-0.4, -0.2) is 17.5 Å². The highest BCUT2D eigenvalue weighted by molar-refractivity contribution is 6.31. The number of ether oxygens (including phenoxy) is 1. The number of ketones is 2. The van der Waals surface area contributed by atoms with Gasteiger partial charge in [0.2, 0.25) is 0 Å². The standard InChI is InChI=1S/C30H21ClO4/c1-2-29(26(32)20-12-15-21(31)16-13-20)25-24-22-11-7-6-8-18(22)14-17-23(24)35-28(34)30(25,29)27(33)19-9-4-3-5-10-19/h3-17,25H,2H2,1H3/t25-,29+,30-/m0/s1. The molecule has 4 nitrogen and oxygen atoms in total. The summed E-state index contributed by atoms with van der Waals surface area (Å²) in [7, 11) is 0. The molecule has 1 saturated carbocycles. The number of benzene rings is 4. The van der Waals surface area contributed by atoms with Crippen LogP contribution in [-0.2, 0) is 4.79 Å². The summed E-state index contributed by atoms with van der Waals surface area (Å²) in [6.45, 7) is 1.87. The normalized spacial score (nSPS) is 24.3. The SMILES string of the molecule is CC[C@]1(C(=O)c2ccc(Cl)cc2)[C@@H]2c3c(ccc4ccccc34)OC(=O)[C@@]21C(=O)c1ccccc1. The maximum atomic E-state index is 14.3. The molecule has 1 aliphatic carbocycles. The molecule has 0 bridgehead atoms. The third-order valence-corrected chi connectivity index (χ3v) is 8.01. The highest BCUT2D eigenvalue weighted by atomic mass is 35.5. The smallest absolute Gasteiger partial charge is 0.327 e. The Balaban J connectivity index is 1.65. The highest BCUT2D eigenvalue weighted by Crippen LogP contribution is 2.81. The lowest BCUT2D eigenvalue weighted by Gasteiger charge is -2.24. The van der Waals surface area contributed by atoms with Crippen LogP contribution in [0.3, 0.4) is 0 Å². The molecule has 6 rings (SSSR count). The summed E-state index contributed by atoms with van der Waals surface area (Å²) in [6, 6.07) is 26.7. The molecule has 3 atom stereocenters. The Labute approximate surface area is 207 Å². The van der Waals surface area contributed by atoms with E-state index in [-0.39, 0.29) is 11.6 Å². The van der Waals surface area contributed by atoms with Crippen LogP contribution in [0, 0.1) is 10.8 Å². The second-order valence-corrected chi connectivity index (χ2v) is 9.62. The lowest BCUT2D eigenvalue weighted by molar-refractivity contribution is -0.140. The van der Waals surface area contributed by atoms with E-state index in [1.165, 1.54) is 0 Å². The molecule has 0 spiro atoms. The number of halogens is 1. The average molecular weight is 481 g/mol. The van der Waals surface area contributed by atoms with Crippen LogP contribution in [0.25, 0.3) is 10.8 Å². The van der Waals surface area contributed by atoms with Crippen LogP contribution in [0.5, 0.6) is 5.75 Å². The minimum absolute atomic E-state index is 0.247. The fourth-order valence-corrected chi connectivity index (χ4v) is 6.32. The van der Waals surface area contributed by atoms with Gasteiger partial charge in [0, 0.05) is 27.6 Å². The summed E-state index contributed by atoms with van der Waals surface area (Å²) < 4.78 is 5.87. The van der Waals surface area contributed by atoms with Crippen LogP contribution < -0.4 is 4.74 Å². The lowest BCUT2D eigenvalue weighted by Crippen LogP contribution is -2.39. The van der Waals surface area contributed by atoms with Gasteiger partial charge in [-0.05, 0) is 47.5 Å². The molecule has 4 aromatic rings. The Bertz CT molecular complexity index is 1530. The number of esters is 1. The second kappa shape index (κ2) is 7.62. The molecule has 1 fully saturated rings. The number of carbonyl (C=O) groups is 3. The summed E-state index contributed by atoms with van der Waals surface area (Å²) in [6.07, 6.45) is 0.301. The fourth-order valence-electron chi connectivity index (χ4n) is 6.20. The van der Waals surface area contributed by atoms with E-state index in [1.807, 2.05) is 43.3 Å². The highest BCUT2D eigenvalue weighted by Gasteiger charge is 2.89. The number of carbonyl (C=O) groups excluding carboxylic acids is 3. The van der Waals surface area contributed by atoms with Gasteiger partial charge in [-0.25, -0.2) is 0 Å². The summed E-state index contributed by atoms with van der Waals surface area (Å²) in [5, 5.41) is 2.35. The Morgan fingerprint density at radius 1 is 0.829 bits per heavy atom. The number of hydrogen-bond donors (Lipinski definition) is 0. The van der Waals surface area contributed by atoms with Crippen molar-refractivity contribution < 1.29 is 19.1 Å². The van der Waals surface area contributed by atoms with Crippen molar-refractivity contribution in [1.29, 1.82) is 0 Å². The zero-order valence-corrected chi connectivity index (χ0v) is 19.7. The molecule has 4 aromatic carbocycles. The summed E-state index contributed by atoms with van der Waals surface area (Å²) in [5.74, 6) is -1.52. The van der Waals surface area contributed by atoms with E-state index in [2.05, 4.69) is 0 Å². The van der Waals surface area contributed by atoms with Crippen molar-refractivity contribution in [1.82, 2.24) is 0 Å². The number of rotatable bonds is 5. The predicted octanol–water partition coefficient (Wildman–Crippen LogP) is 6.66. The quantitative estimate of drug-likeness (QED) is 0.139. The van der Waals surface area contributed by atoms with E-state index in [1.54, 1.807) is 54.6 Å². The molecule has 5 heteroatoms. The van der Waals surface area contributed by atoms with Gasteiger partial charge in [0.15, 0.2) is 17.0 Å². The maximum absolute atomic E-state index is 14.3. The lowest BCUT2D eigenvalue weighted by atomic mass is 9.79. The molecule has 0 amide bonds. The Morgan fingerprint density at radius 2 is 1.49 bits per heavy atom. The number of fused-ring (bicyclic) bond motifs is 5. The zero-order valence-electron chi connectivity index (χ0n) is 19.0. The van der Waals surface area contributed by atoms with Gasteiger partial charge in [-0.2, -0.15) is 0 Å². The van der Waals surface area contributed by atoms with Gasteiger partial charge in [-0.3, -0.25) is 14.4 Å². The first-order valence-corrected chi connectivity index (χ1v) is 12.0. The molecule has 0 radical (unpaired) electrons. The molecular formula is C30H21ClO4. The van der Waals surface area contributed by atoms with Crippen LogP contribution in [0.4, 0.5) is 0 Å².